The van der Waals surface area contributed by atoms with Crippen LogP contribution in [0.5, 0.6) is 0 Å². The molecule has 0 fully saturated rings. The molecule has 3 aromatic rings. The molecule has 2 aromatic heterocycles. The molecule has 2 heterocycles. The molecule has 150 valence electrons. The topological polar surface area (TPSA) is 84.6 Å². The van der Waals surface area contributed by atoms with E-state index in [0.29, 0.717) is 37.1 Å². The molecule has 0 aliphatic rings. The number of sulfonamides is 1. The van der Waals surface area contributed by atoms with Gasteiger partial charge in [-0.25, -0.2) is 8.42 Å². The van der Waals surface area contributed by atoms with E-state index >= 15 is 0 Å². The van der Waals surface area contributed by atoms with Crippen LogP contribution in [0.25, 0.3) is 10.9 Å². The van der Waals surface area contributed by atoms with Crippen LogP contribution < -0.4 is 5.32 Å². The zero-order chi connectivity index (χ0) is 20.3. The van der Waals surface area contributed by atoms with Crippen LogP contribution in [0.1, 0.15) is 30.1 Å². The van der Waals surface area contributed by atoms with Crippen molar-refractivity contribution < 1.29 is 17.6 Å². The van der Waals surface area contributed by atoms with Crippen LogP contribution in [-0.2, 0) is 23.5 Å². The molecular weight excluding hydrogens is 378 g/mol. The molecule has 0 saturated carbocycles. The van der Waals surface area contributed by atoms with Gasteiger partial charge in [0.15, 0.2) is 0 Å². The highest BCUT2D eigenvalue weighted by Crippen LogP contribution is 2.24. The average molecular weight is 404 g/mol. The molecule has 0 aliphatic heterocycles. The predicted molar refractivity (Wildman–Crippen MR) is 108 cm³/mol. The summed E-state index contributed by atoms with van der Waals surface area (Å²) in [7, 11) is -1.75. The fraction of sp³-hybridized carbons (Fsp3) is 0.350. The second-order valence-corrected chi connectivity index (χ2v) is 8.42. The first-order valence-electron chi connectivity index (χ1n) is 9.28. The Labute approximate surface area is 165 Å². The Kier molecular flexibility index (Phi) is 5.90. The normalized spacial score (nSPS) is 12.0. The monoisotopic (exact) mass is 403 g/mol. The van der Waals surface area contributed by atoms with Crippen LogP contribution in [0.4, 0.5) is 0 Å². The van der Waals surface area contributed by atoms with Crippen molar-refractivity contribution in [2.45, 2.75) is 25.2 Å². The molecule has 0 unspecified atom stereocenters. The summed E-state index contributed by atoms with van der Waals surface area (Å²) in [5, 5.41) is 3.59. The SMILES string of the molecule is CCN(CC)S(=O)(=O)c1ccc2c(c1)cc(C(=O)NCCc1ccco1)n2C. The third-order valence-electron chi connectivity index (χ3n) is 4.83. The molecule has 0 atom stereocenters. The molecule has 7 nitrogen and oxygen atoms in total. The lowest BCUT2D eigenvalue weighted by molar-refractivity contribution is 0.0946. The van der Waals surface area contributed by atoms with Gasteiger partial charge >= 0.3 is 0 Å². The highest BCUT2D eigenvalue weighted by molar-refractivity contribution is 7.89. The molecule has 3 rings (SSSR count). The molecule has 1 N–H and O–H groups in total. The number of aryl methyl sites for hydroxylation is 1. The van der Waals surface area contributed by atoms with Crippen LogP contribution in [0.15, 0.2) is 52.0 Å². The fourth-order valence-electron chi connectivity index (χ4n) is 3.26. The van der Waals surface area contributed by atoms with Gasteiger partial charge in [0, 0.05) is 44.0 Å². The number of rotatable bonds is 8. The number of hydrogen-bond acceptors (Lipinski definition) is 4. The van der Waals surface area contributed by atoms with Crippen LogP contribution in [0.3, 0.4) is 0 Å². The maximum absolute atomic E-state index is 12.7. The molecule has 28 heavy (non-hydrogen) atoms. The number of aromatic nitrogens is 1. The maximum atomic E-state index is 12.7. The fourth-order valence-corrected chi connectivity index (χ4v) is 4.76. The van der Waals surface area contributed by atoms with Crippen molar-refractivity contribution in [1.29, 1.82) is 0 Å². The van der Waals surface area contributed by atoms with Gasteiger partial charge in [0.25, 0.3) is 5.91 Å². The summed E-state index contributed by atoms with van der Waals surface area (Å²) in [5.74, 6) is 0.599. The standard InChI is InChI=1S/C20H25N3O4S/c1-4-23(5-2)28(25,26)17-8-9-18-15(13-17)14-19(22(18)3)20(24)21-11-10-16-7-6-12-27-16/h6-9,12-14H,4-5,10-11H2,1-3H3,(H,21,24). The molecule has 0 bridgehead atoms. The first-order chi connectivity index (χ1) is 13.4. The smallest absolute Gasteiger partial charge is 0.267 e. The van der Waals surface area contributed by atoms with Gasteiger partial charge in [-0.2, -0.15) is 4.31 Å². The van der Waals surface area contributed by atoms with Crippen molar-refractivity contribution in [3.8, 4) is 0 Å². The van der Waals surface area contributed by atoms with Crippen molar-refractivity contribution in [2.24, 2.45) is 7.05 Å². The van der Waals surface area contributed by atoms with Gasteiger partial charge in [-0.15, -0.1) is 0 Å². The number of carbonyl (C=O) groups excluding carboxylic acids is 1. The number of amides is 1. The molecule has 1 aromatic carbocycles. The first-order valence-corrected chi connectivity index (χ1v) is 10.7. The molecule has 0 spiro atoms. The van der Waals surface area contributed by atoms with E-state index in [4.69, 9.17) is 4.42 Å². The highest BCUT2D eigenvalue weighted by Gasteiger charge is 2.23. The largest absolute Gasteiger partial charge is 0.469 e. The summed E-state index contributed by atoms with van der Waals surface area (Å²) in [6.07, 6.45) is 2.21. The van der Waals surface area contributed by atoms with Crippen LogP contribution in [0.2, 0.25) is 0 Å². The van der Waals surface area contributed by atoms with Crippen molar-refractivity contribution in [1.82, 2.24) is 14.2 Å². The van der Waals surface area contributed by atoms with E-state index in [2.05, 4.69) is 5.32 Å². The molecule has 8 heteroatoms. The van der Waals surface area contributed by atoms with Crippen molar-refractivity contribution >= 4 is 26.8 Å². The number of benzene rings is 1. The van der Waals surface area contributed by atoms with E-state index < -0.39 is 10.0 Å². The van der Waals surface area contributed by atoms with E-state index in [0.717, 1.165) is 11.3 Å². The van der Waals surface area contributed by atoms with Gasteiger partial charge in [0.1, 0.15) is 11.5 Å². The van der Waals surface area contributed by atoms with E-state index in [1.165, 1.54) is 4.31 Å². The van der Waals surface area contributed by atoms with Gasteiger partial charge in [-0.1, -0.05) is 13.8 Å². The second kappa shape index (κ2) is 8.20. The minimum Gasteiger partial charge on any atom is -0.469 e. The Morgan fingerprint density at radius 2 is 1.93 bits per heavy atom. The number of hydrogen-bond donors (Lipinski definition) is 1. The van der Waals surface area contributed by atoms with Gasteiger partial charge in [-0.3, -0.25) is 4.79 Å². The first kappa shape index (κ1) is 20.2. The maximum Gasteiger partial charge on any atom is 0.267 e. The second-order valence-electron chi connectivity index (χ2n) is 6.48. The van der Waals surface area contributed by atoms with Crippen molar-refractivity contribution in [3.63, 3.8) is 0 Å². The number of fused-ring (bicyclic) bond motifs is 1. The quantitative estimate of drug-likeness (QED) is 0.627. The summed E-state index contributed by atoms with van der Waals surface area (Å²) < 4.78 is 33.9. The Bertz CT molecular complexity index is 1060. The van der Waals surface area contributed by atoms with Gasteiger partial charge in [0.2, 0.25) is 10.0 Å². The molecule has 1 amide bonds. The summed E-state index contributed by atoms with van der Waals surface area (Å²) >= 11 is 0. The Balaban J connectivity index is 1.83. The number of nitrogens with zero attached hydrogens (tertiary/aromatic N) is 2. The molecular formula is C20H25N3O4S. The number of nitrogens with one attached hydrogen (secondary N) is 1. The number of carbonyl (C=O) groups is 1. The van der Waals surface area contributed by atoms with E-state index in [-0.39, 0.29) is 10.8 Å². The van der Waals surface area contributed by atoms with E-state index in [9.17, 15) is 13.2 Å². The predicted octanol–water partition coefficient (Wildman–Crippen LogP) is 2.77. The molecule has 0 radical (unpaired) electrons. The lowest BCUT2D eigenvalue weighted by Crippen LogP contribution is -2.30. The Morgan fingerprint density at radius 3 is 2.57 bits per heavy atom. The summed E-state index contributed by atoms with van der Waals surface area (Å²) in [6, 6.07) is 10.4. The van der Waals surface area contributed by atoms with Gasteiger partial charge in [0.05, 0.1) is 11.2 Å². The van der Waals surface area contributed by atoms with E-state index in [1.807, 2.05) is 26.0 Å². The summed E-state index contributed by atoms with van der Waals surface area (Å²) in [5.41, 5.74) is 1.28. The third kappa shape index (κ3) is 3.83. The molecule has 0 saturated heterocycles. The van der Waals surface area contributed by atoms with Gasteiger partial charge < -0.3 is 14.3 Å². The van der Waals surface area contributed by atoms with Gasteiger partial charge in [-0.05, 0) is 36.4 Å². The zero-order valence-electron chi connectivity index (χ0n) is 16.3. The highest BCUT2D eigenvalue weighted by atomic mass is 32.2. The van der Waals surface area contributed by atoms with E-state index in [1.54, 1.807) is 42.1 Å². The average Bonchev–Trinajstić information content (AvgIpc) is 3.30. The molecule has 0 aliphatic carbocycles. The lowest BCUT2D eigenvalue weighted by Gasteiger charge is -2.18. The van der Waals surface area contributed by atoms with Crippen LogP contribution >= 0.6 is 0 Å². The lowest BCUT2D eigenvalue weighted by atomic mass is 10.2. The zero-order valence-corrected chi connectivity index (χ0v) is 17.1. The van der Waals surface area contributed by atoms with Crippen molar-refractivity contribution in [3.05, 3.63) is 54.1 Å². The summed E-state index contributed by atoms with van der Waals surface area (Å²) in [4.78, 5) is 12.8. The Hall–Kier alpha value is -2.58. The third-order valence-corrected chi connectivity index (χ3v) is 6.87. The minimum absolute atomic E-state index is 0.210. The Morgan fingerprint density at radius 1 is 1.18 bits per heavy atom. The van der Waals surface area contributed by atoms with Crippen molar-refractivity contribution in [2.75, 3.05) is 19.6 Å². The number of furan rings is 1. The van der Waals surface area contributed by atoms with Crippen LogP contribution in [0, 0.1) is 0 Å². The minimum atomic E-state index is -3.54. The summed E-state index contributed by atoms with van der Waals surface area (Å²) in [6.45, 7) is 4.90. The van der Waals surface area contributed by atoms with Crippen LogP contribution in [-0.4, -0.2) is 42.8 Å².